The summed E-state index contributed by atoms with van der Waals surface area (Å²) in [7, 11) is 0. The molecule has 2 aromatic carbocycles. The summed E-state index contributed by atoms with van der Waals surface area (Å²) in [5.74, 6) is 0. The van der Waals surface area contributed by atoms with Crippen LogP contribution < -0.4 is 9.80 Å². The van der Waals surface area contributed by atoms with Gasteiger partial charge in [-0.2, -0.15) is 5.10 Å². The van der Waals surface area contributed by atoms with Crippen LogP contribution in [0.5, 0.6) is 0 Å². The van der Waals surface area contributed by atoms with Gasteiger partial charge < -0.3 is 9.80 Å². The first kappa shape index (κ1) is 24.6. The number of anilines is 2. The Bertz CT molecular complexity index is 1170. The van der Waals surface area contributed by atoms with Crippen LogP contribution in [0.4, 0.5) is 11.4 Å². The molecule has 0 atom stereocenters. The zero-order chi connectivity index (χ0) is 24.6. The summed E-state index contributed by atoms with van der Waals surface area (Å²) in [6.07, 6.45) is 13.1. The molecule has 4 heteroatoms. The van der Waals surface area contributed by atoms with Gasteiger partial charge in [0.05, 0.1) is 17.1 Å². The Morgan fingerprint density at radius 1 is 0.771 bits per heavy atom. The van der Waals surface area contributed by atoms with E-state index in [1.54, 1.807) is 0 Å². The number of aromatic nitrogens is 2. The monoisotopic (exact) mass is 466 g/mol. The van der Waals surface area contributed by atoms with Crippen molar-refractivity contribution < 1.29 is 0 Å². The van der Waals surface area contributed by atoms with E-state index in [-0.39, 0.29) is 0 Å². The molecular weight excluding hydrogens is 428 g/mol. The van der Waals surface area contributed by atoms with Crippen molar-refractivity contribution in [3.63, 3.8) is 0 Å². The molecule has 0 amide bonds. The molecule has 4 rings (SSSR count). The molecule has 0 N–H and O–H groups in total. The first-order chi connectivity index (χ1) is 17.2. The first-order valence-corrected chi connectivity index (χ1v) is 13.0. The van der Waals surface area contributed by atoms with Crippen molar-refractivity contribution in [3.05, 3.63) is 84.1 Å². The summed E-state index contributed by atoms with van der Waals surface area (Å²) in [5, 5.41) is 4.98. The van der Waals surface area contributed by atoms with Crippen LogP contribution in [0.2, 0.25) is 0 Å². The van der Waals surface area contributed by atoms with Crippen molar-refractivity contribution in [3.8, 4) is 11.3 Å². The molecule has 182 valence electrons. The lowest BCUT2D eigenvalue weighted by molar-refractivity contribution is 0.866. The molecule has 1 heterocycles. The molecular formula is C31H38N4. The minimum Gasteiger partial charge on any atom is -0.372 e. The number of nitrogens with zero attached hydrogens (tertiary/aromatic N) is 4. The number of hydrogen-bond donors (Lipinski definition) is 0. The Morgan fingerprint density at radius 3 is 1.91 bits per heavy atom. The Morgan fingerprint density at radius 2 is 1.37 bits per heavy atom. The normalized spacial score (nSPS) is 13.3. The Balaban J connectivity index is 1.63. The van der Waals surface area contributed by atoms with Gasteiger partial charge in [0.25, 0.3) is 0 Å². The number of benzene rings is 2. The topological polar surface area (TPSA) is 24.3 Å². The van der Waals surface area contributed by atoms with Gasteiger partial charge in [-0.05, 0) is 88.6 Å². The maximum atomic E-state index is 4.98. The van der Waals surface area contributed by atoms with Crippen LogP contribution in [-0.2, 0) is 0 Å². The maximum absolute atomic E-state index is 4.98. The fraction of sp³-hybridized carbons (Fsp3) is 0.323. The zero-order valence-corrected chi connectivity index (χ0v) is 21.6. The highest BCUT2D eigenvalue weighted by atomic mass is 15.3. The molecule has 4 nitrogen and oxygen atoms in total. The molecule has 0 radical (unpaired) electrons. The van der Waals surface area contributed by atoms with Crippen LogP contribution in [0.15, 0.2) is 72.8 Å². The molecule has 3 aromatic rings. The summed E-state index contributed by atoms with van der Waals surface area (Å²) < 4.78 is 2.09. The molecule has 0 saturated heterocycles. The van der Waals surface area contributed by atoms with E-state index in [2.05, 4.69) is 127 Å². The van der Waals surface area contributed by atoms with Crippen molar-refractivity contribution in [2.45, 2.75) is 40.5 Å². The molecule has 0 bridgehead atoms. The van der Waals surface area contributed by atoms with Gasteiger partial charge in [-0.1, -0.05) is 42.5 Å². The molecule has 0 spiro atoms. The van der Waals surface area contributed by atoms with Crippen LogP contribution in [0.3, 0.4) is 0 Å². The number of allylic oxidation sites excluding steroid dienone is 4. The molecule has 0 saturated carbocycles. The predicted molar refractivity (Wildman–Crippen MR) is 153 cm³/mol. The first-order valence-electron chi connectivity index (χ1n) is 13.0. The van der Waals surface area contributed by atoms with Gasteiger partial charge in [0.1, 0.15) is 0 Å². The predicted octanol–water partition coefficient (Wildman–Crippen LogP) is 7.60. The van der Waals surface area contributed by atoms with E-state index in [0.717, 1.165) is 56.1 Å². The van der Waals surface area contributed by atoms with E-state index < -0.39 is 0 Å². The van der Waals surface area contributed by atoms with Crippen LogP contribution in [0, 0.1) is 0 Å². The fourth-order valence-corrected chi connectivity index (χ4v) is 4.64. The number of rotatable bonds is 10. The Hall–Kier alpha value is -3.53. The second kappa shape index (κ2) is 11.7. The van der Waals surface area contributed by atoms with Crippen molar-refractivity contribution in [1.82, 2.24) is 9.78 Å². The minimum absolute atomic E-state index is 0.959. The maximum Gasteiger partial charge on any atom is 0.0862 e. The largest absolute Gasteiger partial charge is 0.372 e. The quantitative estimate of drug-likeness (QED) is 0.307. The summed E-state index contributed by atoms with van der Waals surface area (Å²) >= 11 is 0. The molecule has 0 aliphatic heterocycles. The van der Waals surface area contributed by atoms with E-state index in [9.17, 15) is 0 Å². The highest BCUT2D eigenvalue weighted by molar-refractivity contribution is 5.75. The molecule has 1 aliphatic carbocycles. The van der Waals surface area contributed by atoms with Gasteiger partial charge in [-0.25, -0.2) is 4.68 Å². The van der Waals surface area contributed by atoms with E-state index in [1.165, 1.54) is 22.5 Å². The summed E-state index contributed by atoms with van der Waals surface area (Å²) in [5.41, 5.74) is 8.10. The van der Waals surface area contributed by atoms with Crippen LogP contribution in [-0.4, -0.2) is 36.0 Å². The third kappa shape index (κ3) is 5.76. The third-order valence-electron chi connectivity index (χ3n) is 6.71. The smallest absolute Gasteiger partial charge is 0.0862 e. The molecule has 0 unspecified atom stereocenters. The lowest BCUT2D eigenvalue weighted by Crippen LogP contribution is -2.21. The van der Waals surface area contributed by atoms with Crippen LogP contribution in [0.1, 0.15) is 51.8 Å². The van der Waals surface area contributed by atoms with Crippen LogP contribution in [0.25, 0.3) is 29.1 Å². The average Bonchev–Trinajstić information content (AvgIpc) is 3.35. The van der Waals surface area contributed by atoms with Crippen molar-refractivity contribution in [2.75, 3.05) is 36.0 Å². The van der Waals surface area contributed by atoms with Gasteiger partial charge in [0.2, 0.25) is 0 Å². The lowest BCUT2D eigenvalue weighted by atomic mass is 10.1. The summed E-state index contributed by atoms with van der Waals surface area (Å²) in [4.78, 5) is 4.73. The lowest BCUT2D eigenvalue weighted by Gasteiger charge is -2.21. The van der Waals surface area contributed by atoms with E-state index in [1.807, 2.05) is 0 Å². The summed E-state index contributed by atoms with van der Waals surface area (Å²) in [6.45, 7) is 12.8. The molecule has 1 aliphatic rings. The molecule has 35 heavy (non-hydrogen) atoms. The van der Waals surface area contributed by atoms with E-state index >= 15 is 0 Å². The van der Waals surface area contributed by atoms with Crippen molar-refractivity contribution >= 4 is 29.2 Å². The van der Waals surface area contributed by atoms with E-state index in [0.29, 0.717) is 0 Å². The highest BCUT2D eigenvalue weighted by Crippen LogP contribution is 2.29. The van der Waals surface area contributed by atoms with Gasteiger partial charge in [0.15, 0.2) is 0 Å². The van der Waals surface area contributed by atoms with Gasteiger partial charge >= 0.3 is 0 Å². The van der Waals surface area contributed by atoms with Crippen molar-refractivity contribution in [2.24, 2.45) is 0 Å². The minimum atomic E-state index is 0.959. The highest BCUT2D eigenvalue weighted by Gasteiger charge is 2.13. The Labute approximate surface area is 210 Å². The average molecular weight is 467 g/mol. The van der Waals surface area contributed by atoms with Crippen molar-refractivity contribution in [1.29, 1.82) is 0 Å². The van der Waals surface area contributed by atoms with Gasteiger partial charge in [-0.15, -0.1) is 0 Å². The third-order valence-corrected chi connectivity index (χ3v) is 6.71. The second-order valence-corrected chi connectivity index (χ2v) is 8.79. The SMILES string of the molecule is CCN(CC)c1ccc(C=Cc2cc(-c3ccc(N(CC)CC)cc3)n(C3=CCCC=C3)n2)cc1. The van der Waals surface area contributed by atoms with Gasteiger partial charge in [0, 0.05) is 43.1 Å². The zero-order valence-electron chi connectivity index (χ0n) is 21.6. The van der Waals surface area contributed by atoms with Crippen LogP contribution >= 0.6 is 0 Å². The standard InChI is InChI=1S/C31H38N4/c1-5-33(6-2)28-20-15-25(16-21-28)14-19-27-24-31(35(32-27)30-12-10-9-11-13-30)26-17-22-29(23-18-26)34(7-3)8-4/h10,12-24H,5-9,11H2,1-4H3. The van der Waals surface area contributed by atoms with Gasteiger partial charge in [-0.3, -0.25) is 0 Å². The summed E-state index contributed by atoms with van der Waals surface area (Å²) in [6, 6.07) is 19.8. The Kier molecular flexibility index (Phi) is 8.25. The fourth-order valence-electron chi connectivity index (χ4n) is 4.64. The number of hydrogen-bond acceptors (Lipinski definition) is 3. The van der Waals surface area contributed by atoms with E-state index in [4.69, 9.17) is 5.10 Å². The molecule has 1 aromatic heterocycles. The second-order valence-electron chi connectivity index (χ2n) is 8.79. The molecule has 0 fully saturated rings.